The van der Waals surface area contributed by atoms with Crippen LogP contribution in [0.5, 0.6) is 0 Å². The van der Waals surface area contributed by atoms with Crippen molar-refractivity contribution in [1.82, 2.24) is 4.98 Å². The lowest BCUT2D eigenvalue weighted by molar-refractivity contribution is 0.980. The zero-order valence-electron chi connectivity index (χ0n) is 8.44. The van der Waals surface area contributed by atoms with Crippen LogP contribution in [0.3, 0.4) is 0 Å². The van der Waals surface area contributed by atoms with E-state index >= 15 is 0 Å². The maximum absolute atomic E-state index is 8.42. The molecule has 0 N–H and O–H groups in total. The molecular formula is C11H9ClN2S2. The molecule has 16 heavy (non-hydrogen) atoms. The van der Waals surface area contributed by atoms with E-state index in [1.165, 1.54) is 0 Å². The Kier molecular flexibility index (Phi) is 4.05. The number of unbranched alkanes of at least 4 members (excludes halogenated alkanes) is 1. The highest BCUT2D eigenvalue weighted by Gasteiger charge is 2.04. The topological polar surface area (TPSA) is 36.7 Å². The third kappa shape index (κ3) is 2.88. The van der Waals surface area contributed by atoms with Gasteiger partial charge in [0, 0.05) is 17.2 Å². The highest BCUT2D eigenvalue weighted by atomic mass is 35.5. The number of aromatic nitrogens is 1. The maximum Gasteiger partial charge on any atom is 0.151 e. The fourth-order valence-electron chi connectivity index (χ4n) is 1.25. The summed E-state index contributed by atoms with van der Waals surface area (Å²) in [7, 11) is 0. The molecule has 0 bridgehead atoms. The van der Waals surface area contributed by atoms with Gasteiger partial charge in [0.15, 0.2) is 4.34 Å². The van der Waals surface area contributed by atoms with Crippen molar-refractivity contribution in [3.63, 3.8) is 0 Å². The average molecular weight is 269 g/mol. The van der Waals surface area contributed by atoms with Gasteiger partial charge in [0.1, 0.15) is 0 Å². The zero-order valence-corrected chi connectivity index (χ0v) is 10.8. The predicted molar refractivity (Wildman–Crippen MR) is 70.2 cm³/mol. The Balaban J connectivity index is 2.06. The molecule has 0 aliphatic heterocycles. The van der Waals surface area contributed by atoms with E-state index in [1.807, 2.05) is 18.2 Å². The Morgan fingerprint density at radius 1 is 1.50 bits per heavy atom. The lowest BCUT2D eigenvalue weighted by atomic mass is 10.3. The molecule has 0 saturated heterocycles. The average Bonchev–Trinajstić information content (AvgIpc) is 2.66. The molecule has 2 rings (SSSR count). The molecule has 0 fully saturated rings. The second-order valence-electron chi connectivity index (χ2n) is 3.20. The summed E-state index contributed by atoms with van der Waals surface area (Å²) < 4.78 is 2.21. The van der Waals surface area contributed by atoms with Gasteiger partial charge in [-0.2, -0.15) is 5.26 Å². The second kappa shape index (κ2) is 5.53. The van der Waals surface area contributed by atoms with Gasteiger partial charge in [-0.3, -0.25) is 0 Å². The van der Waals surface area contributed by atoms with E-state index in [1.54, 1.807) is 23.1 Å². The van der Waals surface area contributed by atoms with Crippen molar-refractivity contribution in [1.29, 1.82) is 5.26 Å². The summed E-state index contributed by atoms with van der Waals surface area (Å²) in [6, 6.07) is 7.90. The van der Waals surface area contributed by atoms with Crippen LogP contribution in [0.15, 0.2) is 22.5 Å². The molecule has 1 aromatic carbocycles. The molecule has 0 saturated carbocycles. The number of nitrogens with zero attached hydrogens (tertiary/aromatic N) is 2. The van der Waals surface area contributed by atoms with E-state index in [2.05, 4.69) is 11.1 Å². The third-order valence-corrected chi connectivity index (χ3v) is 4.49. The first-order valence-corrected chi connectivity index (χ1v) is 7.03. The molecule has 1 aromatic heterocycles. The van der Waals surface area contributed by atoms with E-state index in [4.69, 9.17) is 16.9 Å². The first kappa shape index (κ1) is 11.7. The molecule has 0 spiro atoms. The first-order valence-electron chi connectivity index (χ1n) is 4.85. The smallest absolute Gasteiger partial charge is 0.151 e. The minimum absolute atomic E-state index is 0.615. The largest absolute Gasteiger partial charge is 0.230 e. The van der Waals surface area contributed by atoms with E-state index in [0.29, 0.717) is 6.42 Å². The molecule has 82 valence electrons. The summed E-state index contributed by atoms with van der Waals surface area (Å²) in [5.41, 5.74) is 0.959. The maximum atomic E-state index is 8.42. The van der Waals surface area contributed by atoms with Crippen LogP contribution in [-0.2, 0) is 0 Å². The fourth-order valence-corrected chi connectivity index (χ4v) is 3.48. The number of thioether (sulfide) groups is 1. The van der Waals surface area contributed by atoms with E-state index < -0.39 is 0 Å². The highest BCUT2D eigenvalue weighted by molar-refractivity contribution is 8.01. The fraction of sp³-hybridized carbons (Fsp3) is 0.273. The Bertz CT molecular complexity index is 530. The van der Waals surface area contributed by atoms with Crippen molar-refractivity contribution in [3.05, 3.63) is 23.2 Å². The normalized spacial score (nSPS) is 10.5. The van der Waals surface area contributed by atoms with Crippen molar-refractivity contribution in [2.45, 2.75) is 17.2 Å². The molecule has 0 atom stereocenters. The molecule has 0 aliphatic rings. The molecule has 1 heterocycles. The number of benzene rings is 1. The summed E-state index contributed by atoms with van der Waals surface area (Å²) in [4.78, 5) is 4.49. The zero-order chi connectivity index (χ0) is 11.4. The summed E-state index contributed by atoms with van der Waals surface area (Å²) in [5.74, 6) is 0.946. The number of rotatable bonds is 4. The molecule has 2 nitrogen and oxygen atoms in total. The van der Waals surface area contributed by atoms with Gasteiger partial charge in [-0.15, -0.1) is 11.3 Å². The van der Waals surface area contributed by atoms with Crippen molar-refractivity contribution in [2.24, 2.45) is 0 Å². The minimum atomic E-state index is 0.615. The highest BCUT2D eigenvalue weighted by Crippen LogP contribution is 2.31. The van der Waals surface area contributed by atoms with Crippen LogP contribution in [0.4, 0.5) is 0 Å². The number of hydrogen-bond acceptors (Lipinski definition) is 4. The third-order valence-electron chi connectivity index (χ3n) is 1.99. The van der Waals surface area contributed by atoms with Gasteiger partial charge in [0.25, 0.3) is 0 Å². The number of thiazole rings is 1. The molecule has 0 radical (unpaired) electrons. The van der Waals surface area contributed by atoms with Gasteiger partial charge in [0.05, 0.1) is 16.3 Å². The van der Waals surface area contributed by atoms with Gasteiger partial charge in [-0.25, -0.2) is 4.98 Å². The van der Waals surface area contributed by atoms with Gasteiger partial charge in [0.2, 0.25) is 0 Å². The summed E-state index contributed by atoms with van der Waals surface area (Å²) >= 11 is 9.27. The second-order valence-corrected chi connectivity index (χ2v) is 6.01. The first-order chi connectivity index (χ1) is 7.79. The van der Waals surface area contributed by atoms with Crippen LogP contribution in [0.25, 0.3) is 10.2 Å². The molecule has 0 amide bonds. The summed E-state index contributed by atoms with van der Waals surface area (Å²) in [6.45, 7) is 0. The van der Waals surface area contributed by atoms with Crippen LogP contribution < -0.4 is 0 Å². The van der Waals surface area contributed by atoms with Crippen LogP contribution in [-0.4, -0.2) is 10.7 Å². The van der Waals surface area contributed by atoms with Gasteiger partial charge in [-0.05, 0) is 24.6 Å². The van der Waals surface area contributed by atoms with E-state index in [0.717, 1.165) is 31.8 Å². The lowest BCUT2D eigenvalue weighted by Crippen LogP contribution is -1.77. The minimum Gasteiger partial charge on any atom is -0.230 e. The van der Waals surface area contributed by atoms with Crippen LogP contribution in [0.1, 0.15) is 12.8 Å². The predicted octanol–water partition coefficient (Wildman–Crippen LogP) is 4.35. The Labute approximate surface area is 107 Å². The SMILES string of the molecule is N#CCCCSc1nc2cc(Cl)ccc2s1. The molecular weight excluding hydrogens is 260 g/mol. The van der Waals surface area contributed by atoms with E-state index in [9.17, 15) is 0 Å². The number of nitriles is 1. The van der Waals surface area contributed by atoms with Crippen molar-refractivity contribution in [3.8, 4) is 6.07 Å². The monoisotopic (exact) mass is 268 g/mol. The number of hydrogen-bond donors (Lipinski definition) is 0. The molecule has 2 aromatic rings. The summed E-state index contributed by atoms with van der Waals surface area (Å²) in [6.07, 6.45) is 1.53. The van der Waals surface area contributed by atoms with Gasteiger partial charge >= 0.3 is 0 Å². The standard InChI is InChI=1S/C11H9ClN2S2/c12-8-3-4-10-9(7-8)14-11(16-10)15-6-2-1-5-13/h3-4,7H,1-2,6H2. The van der Waals surface area contributed by atoms with Gasteiger partial charge in [-0.1, -0.05) is 23.4 Å². The Hall–Kier alpha value is -0.760. The van der Waals surface area contributed by atoms with E-state index in [-0.39, 0.29) is 0 Å². The molecule has 0 aliphatic carbocycles. The van der Waals surface area contributed by atoms with Crippen LogP contribution in [0.2, 0.25) is 5.02 Å². The Morgan fingerprint density at radius 2 is 2.38 bits per heavy atom. The van der Waals surface area contributed by atoms with Crippen molar-refractivity contribution < 1.29 is 0 Å². The van der Waals surface area contributed by atoms with Crippen molar-refractivity contribution >= 4 is 44.9 Å². The molecule has 5 heteroatoms. The Morgan fingerprint density at radius 3 is 3.19 bits per heavy atom. The number of halogens is 1. The lowest BCUT2D eigenvalue weighted by Gasteiger charge is -1.91. The van der Waals surface area contributed by atoms with Crippen LogP contribution in [0, 0.1) is 11.3 Å². The summed E-state index contributed by atoms with van der Waals surface area (Å²) in [5, 5.41) is 9.14. The van der Waals surface area contributed by atoms with Crippen molar-refractivity contribution in [2.75, 3.05) is 5.75 Å². The van der Waals surface area contributed by atoms with Crippen LogP contribution >= 0.6 is 34.7 Å². The number of fused-ring (bicyclic) bond motifs is 1. The van der Waals surface area contributed by atoms with Gasteiger partial charge < -0.3 is 0 Å². The quantitative estimate of drug-likeness (QED) is 0.611. The molecule has 0 unspecified atom stereocenters.